The average Bonchev–Trinajstić information content (AvgIpc) is 3.46. The number of benzene rings is 3. The summed E-state index contributed by atoms with van der Waals surface area (Å²) in [6, 6.07) is 22.1. The number of ether oxygens (including phenoxy) is 2. The summed E-state index contributed by atoms with van der Waals surface area (Å²) in [4.78, 5) is 20.0. The summed E-state index contributed by atoms with van der Waals surface area (Å²) in [5.74, 6) is 2.85. The number of nitrogens with zero attached hydrogens (tertiary/aromatic N) is 3. The molecule has 2 heterocycles. The van der Waals surface area contributed by atoms with Crippen molar-refractivity contribution in [2.24, 2.45) is 0 Å². The average molecular weight is 484 g/mol. The fourth-order valence-electron chi connectivity index (χ4n) is 5.04. The summed E-state index contributed by atoms with van der Waals surface area (Å²) in [7, 11) is 1.66. The Hall–Kier alpha value is -3.80. The lowest BCUT2D eigenvalue weighted by Gasteiger charge is -2.20. The van der Waals surface area contributed by atoms with E-state index in [1.54, 1.807) is 7.11 Å². The molecule has 0 spiro atoms. The number of hydrogen-bond acceptors (Lipinski definition) is 4. The first kappa shape index (κ1) is 23.9. The Bertz CT molecular complexity index is 1380. The lowest BCUT2D eigenvalue weighted by molar-refractivity contribution is -0.117. The van der Waals surface area contributed by atoms with E-state index < -0.39 is 0 Å². The first-order valence-corrected chi connectivity index (χ1v) is 12.6. The van der Waals surface area contributed by atoms with Crippen LogP contribution in [0.1, 0.15) is 42.1 Å². The van der Waals surface area contributed by atoms with E-state index in [0.717, 1.165) is 59.0 Å². The van der Waals surface area contributed by atoms with E-state index in [0.29, 0.717) is 19.6 Å². The van der Waals surface area contributed by atoms with Gasteiger partial charge >= 0.3 is 0 Å². The van der Waals surface area contributed by atoms with Crippen molar-refractivity contribution in [1.29, 1.82) is 0 Å². The van der Waals surface area contributed by atoms with Crippen molar-refractivity contribution in [3.8, 4) is 11.5 Å². The second kappa shape index (κ2) is 10.4. The molecular weight excluding hydrogens is 450 g/mol. The van der Waals surface area contributed by atoms with Crippen LogP contribution in [0, 0.1) is 13.8 Å². The largest absolute Gasteiger partial charge is 0.497 e. The van der Waals surface area contributed by atoms with Gasteiger partial charge in [0.2, 0.25) is 5.91 Å². The van der Waals surface area contributed by atoms with Gasteiger partial charge in [-0.15, -0.1) is 0 Å². The van der Waals surface area contributed by atoms with E-state index in [9.17, 15) is 4.79 Å². The zero-order chi connectivity index (χ0) is 25.1. The SMILES string of the molecule is COc1cccc(OCCCCn2c(C3CC(=O)N(c4cccc(C)c4C)C3)nc3ccccc32)c1. The number of anilines is 1. The van der Waals surface area contributed by atoms with Crippen molar-refractivity contribution < 1.29 is 14.3 Å². The molecule has 186 valence electrons. The van der Waals surface area contributed by atoms with Crippen molar-refractivity contribution in [3.63, 3.8) is 0 Å². The second-order valence-electron chi connectivity index (χ2n) is 9.47. The molecule has 0 saturated carbocycles. The fourth-order valence-corrected chi connectivity index (χ4v) is 5.04. The highest BCUT2D eigenvalue weighted by molar-refractivity contribution is 5.97. The Morgan fingerprint density at radius 1 is 0.972 bits per heavy atom. The predicted molar refractivity (Wildman–Crippen MR) is 143 cm³/mol. The minimum absolute atomic E-state index is 0.0674. The molecule has 0 N–H and O–H groups in total. The lowest BCUT2D eigenvalue weighted by Crippen LogP contribution is -2.25. The number of unbranched alkanes of at least 4 members (excludes halogenated alkanes) is 1. The number of aryl methyl sites for hydroxylation is 2. The number of methoxy groups -OCH3 is 1. The zero-order valence-electron chi connectivity index (χ0n) is 21.2. The third-order valence-corrected chi connectivity index (χ3v) is 7.13. The number of carbonyl (C=O) groups is 1. The van der Waals surface area contributed by atoms with E-state index >= 15 is 0 Å². The molecule has 36 heavy (non-hydrogen) atoms. The predicted octanol–water partition coefficient (Wildman–Crippen LogP) is 6.04. The highest BCUT2D eigenvalue weighted by Gasteiger charge is 2.35. The number of aromatic nitrogens is 2. The smallest absolute Gasteiger partial charge is 0.227 e. The molecule has 4 aromatic rings. The fraction of sp³-hybridized carbons (Fsp3) is 0.333. The van der Waals surface area contributed by atoms with E-state index in [1.807, 2.05) is 47.4 Å². The van der Waals surface area contributed by atoms with E-state index in [4.69, 9.17) is 14.5 Å². The topological polar surface area (TPSA) is 56.6 Å². The van der Waals surface area contributed by atoms with Gasteiger partial charge in [0.15, 0.2) is 0 Å². The third-order valence-electron chi connectivity index (χ3n) is 7.13. The summed E-state index contributed by atoms with van der Waals surface area (Å²) in [6.45, 7) is 6.32. The first-order valence-electron chi connectivity index (χ1n) is 12.6. The number of rotatable bonds is 9. The van der Waals surface area contributed by atoms with Gasteiger partial charge in [0.1, 0.15) is 17.3 Å². The Morgan fingerprint density at radius 3 is 2.64 bits per heavy atom. The zero-order valence-corrected chi connectivity index (χ0v) is 21.2. The van der Waals surface area contributed by atoms with Crippen LogP contribution in [0.15, 0.2) is 66.7 Å². The number of imidazole rings is 1. The molecule has 0 radical (unpaired) electrons. The normalized spacial score (nSPS) is 15.6. The summed E-state index contributed by atoms with van der Waals surface area (Å²) in [6.07, 6.45) is 2.36. The molecule has 1 atom stereocenters. The van der Waals surface area contributed by atoms with E-state index in [-0.39, 0.29) is 11.8 Å². The van der Waals surface area contributed by atoms with Gasteiger partial charge in [-0.3, -0.25) is 4.79 Å². The van der Waals surface area contributed by atoms with Gasteiger partial charge in [0.05, 0.1) is 24.8 Å². The number of fused-ring (bicyclic) bond motifs is 1. The first-order chi connectivity index (χ1) is 17.5. The summed E-state index contributed by atoms with van der Waals surface area (Å²) >= 11 is 0. The maximum Gasteiger partial charge on any atom is 0.227 e. The molecule has 1 unspecified atom stereocenters. The molecule has 1 aromatic heterocycles. The molecule has 0 bridgehead atoms. The lowest BCUT2D eigenvalue weighted by atomic mass is 10.1. The summed E-state index contributed by atoms with van der Waals surface area (Å²) < 4.78 is 13.5. The van der Waals surface area contributed by atoms with Gasteiger partial charge in [-0.2, -0.15) is 0 Å². The Morgan fingerprint density at radius 2 is 1.78 bits per heavy atom. The number of para-hydroxylation sites is 2. The van der Waals surface area contributed by atoms with Crippen LogP contribution in [0.25, 0.3) is 11.0 Å². The van der Waals surface area contributed by atoms with Gasteiger partial charge in [0.25, 0.3) is 0 Å². The Balaban J connectivity index is 1.30. The highest BCUT2D eigenvalue weighted by atomic mass is 16.5. The van der Waals surface area contributed by atoms with Crippen LogP contribution in [0.5, 0.6) is 11.5 Å². The van der Waals surface area contributed by atoms with Crippen LogP contribution < -0.4 is 14.4 Å². The molecule has 6 heteroatoms. The van der Waals surface area contributed by atoms with Crippen molar-refractivity contribution >= 4 is 22.6 Å². The molecule has 1 aliphatic rings. The summed E-state index contributed by atoms with van der Waals surface area (Å²) in [5, 5.41) is 0. The molecule has 0 aliphatic carbocycles. The summed E-state index contributed by atoms with van der Waals surface area (Å²) in [5.41, 5.74) is 5.49. The molecule has 3 aromatic carbocycles. The molecule has 1 amide bonds. The minimum atomic E-state index is 0.0674. The number of amides is 1. The molecule has 5 rings (SSSR count). The Labute approximate surface area is 212 Å². The highest BCUT2D eigenvalue weighted by Crippen LogP contribution is 2.35. The van der Waals surface area contributed by atoms with E-state index in [1.165, 1.54) is 5.56 Å². The van der Waals surface area contributed by atoms with Crippen molar-refractivity contribution in [3.05, 3.63) is 83.7 Å². The number of hydrogen-bond donors (Lipinski definition) is 0. The molecule has 1 aliphatic heterocycles. The maximum absolute atomic E-state index is 13.1. The van der Waals surface area contributed by atoms with Crippen LogP contribution in [0.4, 0.5) is 5.69 Å². The molecule has 6 nitrogen and oxygen atoms in total. The number of carbonyl (C=O) groups excluding carboxylic acids is 1. The minimum Gasteiger partial charge on any atom is -0.497 e. The van der Waals surface area contributed by atoms with Crippen molar-refractivity contribution in [1.82, 2.24) is 9.55 Å². The standard InChI is InChI=1S/C30H33N3O3/c1-21-10-8-15-27(22(21)2)33-20-23(18-29(33)34)30-31-26-13-4-5-14-28(26)32(30)16-6-7-17-36-25-12-9-11-24(19-25)35-3/h4-5,8-15,19,23H,6-7,16-18,20H2,1-3H3. The van der Waals surface area contributed by atoms with Gasteiger partial charge < -0.3 is 18.9 Å². The van der Waals surface area contributed by atoms with Crippen molar-refractivity contribution in [2.45, 2.75) is 45.6 Å². The van der Waals surface area contributed by atoms with Gasteiger partial charge in [-0.05, 0) is 68.1 Å². The Kier molecular flexibility index (Phi) is 6.94. The molecule has 1 saturated heterocycles. The molecule has 1 fully saturated rings. The second-order valence-corrected chi connectivity index (χ2v) is 9.47. The maximum atomic E-state index is 13.1. The molecular formula is C30H33N3O3. The quantitative estimate of drug-likeness (QED) is 0.272. The van der Waals surface area contributed by atoms with Gasteiger partial charge in [0, 0.05) is 37.2 Å². The van der Waals surface area contributed by atoms with Crippen molar-refractivity contribution in [2.75, 3.05) is 25.2 Å². The van der Waals surface area contributed by atoms with Gasteiger partial charge in [-0.1, -0.05) is 30.3 Å². The van der Waals surface area contributed by atoms with Crippen LogP contribution in [-0.4, -0.2) is 35.7 Å². The van der Waals surface area contributed by atoms with Crippen LogP contribution in [0.2, 0.25) is 0 Å². The van der Waals surface area contributed by atoms with Crippen LogP contribution in [-0.2, 0) is 11.3 Å². The van der Waals surface area contributed by atoms with Crippen LogP contribution in [0.3, 0.4) is 0 Å². The third kappa shape index (κ3) is 4.81. The van der Waals surface area contributed by atoms with Gasteiger partial charge in [-0.25, -0.2) is 4.98 Å². The monoisotopic (exact) mass is 483 g/mol. The van der Waals surface area contributed by atoms with Crippen LogP contribution >= 0.6 is 0 Å². The van der Waals surface area contributed by atoms with E-state index in [2.05, 4.69) is 42.7 Å².